The van der Waals surface area contributed by atoms with Crippen molar-refractivity contribution < 1.29 is 14.7 Å². The first kappa shape index (κ1) is 13.2. The smallest absolute Gasteiger partial charge is 0.312 e. The number of amides is 1. The average Bonchev–Trinajstić information content (AvgIpc) is 2.29. The monoisotopic (exact) mass is 236 g/mol. The predicted molar refractivity (Wildman–Crippen MR) is 63.5 cm³/mol. The maximum absolute atomic E-state index is 11.1. The fourth-order valence-electron chi connectivity index (χ4n) is 1.43. The standard InChI is InChI=1S/C12H16N2O3/c1-8(11(13)15)14-7-10(12(16)17)9-5-3-2-4-6-9/h2-6,8,10,14H,7H2,1H3,(H2,13,15)(H,16,17). The molecule has 1 aromatic carbocycles. The van der Waals surface area contributed by atoms with Crippen molar-refractivity contribution in [2.45, 2.75) is 18.9 Å². The van der Waals surface area contributed by atoms with Crippen LogP contribution in [0.2, 0.25) is 0 Å². The molecule has 1 rings (SSSR count). The van der Waals surface area contributed by atoms with Gasteiger partial charge in [0.1, 0.15) is 0 Å². The number of carbonyl (C=O) groups is 2. The molecule has 2 unspecified atom stereocenters. The van der Waals surface area contributed by atoms with E-state index in [1.54, 1.807) is 31.2 Å². The van der Waals surface area contributed by atoms with Crippen LogP contribution in [0.5, 0.6) is 0 Å². The van der Waals surface area contributed by atoms with E-state index in [-0.39, 0.29) is 6.54 Å². The number of nitrogens with two attached hydrogens (primary N) is 1. The van der Waals surface area contributed by atoms with Crippen LogP contribution in [0.3, 0.4) is 0 Å². The molecule has 4 N–H and O–H groups in total. The summed E-state index contributed by atoms with van der Waals surface area (Å²) in [5.41, 5.74) is 5.79. The number of hydrogen-bond acceptors (Lipinski definition) is 3. The van der Waals surface area contributed by atoms with Crippen LogP contribution < -0.4 is 11.1 Å². The van der Waals surface area contributed by atoms with E-state index in [1.807, 2.05) is 6.07 Å². The molecule has 17 heavy (non-hydrogen) atoms. The van der Waals surface area contributed by atoms with Gasteiger partial charge in [0, 0.05) is 6.54 Å². The second kappa shape index (κ2) is 6.00. The van der Waals surface area contributed by atoms with Crippen LogP contribution in [0, 0.1) is 0 Å². The summed E-state index contributed by atoms with van der Waals surface area (Å²) in [4.78, 5) is 22.0. The van der Waals surface area contributed by atoms with E-state index < -0.39 is 23.8 Å². The minimum Gasteiger partial charge on any atom is -0.481 e. The van der Waals surface area contributed by atoms with Gasteiger partial charge in [0.2, 0.25) is 5.91 Å². The summed E-state index contributed by atoms with van der Waals surface area (Å²) in [7, 11) is 0. The largest absolute Gasteiger partial charge is 0.481 e. The maximum atomic E-state index is 11.1. The Bertz CT molecular complexity index is 392. The topological polar surface area (TPSA) is 92.4 Å². The predicted octanol–water partition coefficient (Wildman–Crippen LogP) is 0.318. The number of hydrogen-bond donors (Lipinski definition) is 3. The van der Waals surface area contributed by atoms with Crippen LogP contribution in [0.1, 0.15) is 18.4 Å². The highest BCUT2D eigenvalue weighted by molar-refractivity contribution is 5.80. The number of primary amides is 1. The number of benzene rings is 1. The molecule has 0 heterocycles. The summed E-state index contributed by atoms with van der Waals surface area (Å²) in [6.07, 6.45) is 0. The van der Waals surface area contributed by atoms with Gasteiger partial charge in [-0.15, -0.1) is 0 Å². The zero-order valence-electron chi connectivity index (χ0n) is 9.59. The van der Waals surface area contributed by atoms with Crippen molar-refractivity contribution in [3.63, 3.8) is 0 Å². The third kappa shape index (κ3) is 3.88. The number of carbonyl (C=O) groups excluding carboxylic acids is 1. The molecular formula is C12H16N2O3. The van der Waals surface area contributed by atoms with Crippen molar-refractivity contribution in [2.75, 3.05) is 6.54 Å². The average molecular weight is 236 g/mol. The van der Waals surface area contributed by atoms with E-state index in [9.17, 15) is 9.59 Å². The lowest BCUT2D eigenvalue weighted by molar-refractivity contribution is -0.138. The van der Waals surface area contributed by atoms with E-state index >= 15 is 0 Å². The van der Waals surface area contributed by atoms with Crippen molar-refractivity contribution in [3.8, 4) is 0 Å². The fraction of sp³-hybridized carbons (Fsp3) is 0.333. The van der Waals surface area contributed by atoms with E-state index in [1.165, 1.54) is 0 Å². The molecule has 0 bridgehead atoms. The second-order valence-electron chi connectivity index (χ2n) is 3.83. The van der Waals surface area contributed by atoms with Gasteiger partial charge in [0.25, 0.3) is 0 Å². The van der Waals surface area contributed by atoms with Crippen molar-refractivity contribution in [3.05, 3.63) is 35.9 Å². The first-order valence-corrected chi connectivity index (χ1v) is 5.33. The van der Waals surface area contributed by atoms with Crippen LogP contribution in [0.25, 0.3) is 0 Å². The third-order valence-corrected chi connectivity index (χ3v) is 2.55. The molecule has 0 aromatic heterocycles. The molecule has 0 aliphatic rings. The number of aliphatic carboxylic acids is 1. The van der Waals surface area contributed by atoms with Crippen molar-refractivity contribution in [2.24, 2.45) is 5.73 Å². The van der Waals surface area contributed by atoms with Gasteiger partial charge in [-0.05, 0) is 12.5 Å². The molecule has 1 aromatic rings. The highest BCUT2D eigenvalue weighted by atomic mass is 16.4. The first-order valence-electron chi connectivity index (χ1n) is 5.33. The van der Waals surface area contributed by atoms with Gasteiger partial charge in [0.15, 0.2) is 0 Å². The Balaban J connectivity index is 2.69. The molecule has 0 spiro atoms. The van der Waals surface area contributed by atoms with E-state index in [2.05, 4.69) is 5.32 Å². The van der Waals surface area contributed by atoms with Crippen LogP contribution in [0.15, 0.2) is 30.3 Å². The Morgan fingerprint density at radius 2 is 1.94 bits per heavy atom. The quantitative estimate of drug-likeness (QED) is 0.663. The normalized spacial score (nSPS) is 13.9. The molecular weight excluding hydrogens is 220 g/mol. The molecule has 0 aliphatic heterocycles. The van der Waals surface area contributed by atoms with Gasteiger partial charge < -0.3 is 16.2 Å². The van der Waals surface area contributed by atoms with Gasteiger partial charge in [-0.1, -0.05) is 30.3 Å². The van der Waals surface area contributed by atoms with Crippen LogP contribution in [-0.2, 0) is 9.59 Å². The minimum atomic E-state index is -0.930. The van der Waals surface area contributed by atoms with Crippen LogP contribution in [-0.4, -0.2) is 29.6 Å². The van der Waals surface area contributed by atoms with Crippen LogP contribution >= 0.6 is 0 Å². The molecule has 0 radical (unpaired) electrons. The maximum Gasteiger partial charge on any atom is 0.312 e. The number of rotatable bonds is 6. The molecule has 2 atom stereocenters. The molecule has 5 heteroatoms. The highest BCUT2D eigenvalue weighted by Crippen LogP contribution is 2.14. The zero-order valence-corrected chi connectivity index (χ0v) is 9.59. The number of nitrogens with one attached hydrogen (secondary N) is 1. The van der Waals surface area contributed by atoms with Gasteiger partial charge in [-0.25, -0.2) is 0 Å². The minimum absolute atomic E-state index is 0.170. The molecule has 0 aliphatic carbocycles. The number of carboxylic acids is 1. The third-order valence-electron chi connectivity index (χ3n) is 2.55. The molecule has 1 amide bonds. The second-order valence-corrected chi connectivity index (χ2v) is 3.83. The van der Waals surface area contributed by atoms with E-state index in [0.717, 1.165) is 0 Å². The summed E-state index contributed by atoms with van der Waals surface area (Å²) in [5, 5.41) is 11.9. The summed E-state index contributed by atoms with van der Waals surface area (Å²) in [6.45, 7) is 1.77. The fourth-order valence-corrected chi connectivity index (χ4v) is 1.43. The Morgan fingerprint density at radius 1 is 1.35 bits per heavy atom. The van der Waals surface area contributed by atoms with Gasteiger partial charge >= 0.3 is 5.97 Å². The molecule has 5 nitrogen and oxygen atoms in total. The van der Waals surface area contributed by atoms with E-state index in [4.69, 9.17) is 10.8 Å². The summed E-state index contributed by atoms with van der Waals surface area (Å²) >= 11 is 0. The highest BCUT2D eigenvalue weighted by Gasteiger charge is 2.20. The lowest BCUT2D eigenvalue weighted by Crippen LogP contribution is -2.41. The summed E-state index contributed by atoms with van der Waals surface area (Å²) < 4.78 is 0. The van der Waals surface area contributed by atoms with Crippen LogP contribution in [0.4, 0.5) is 0 Å². The zero-order chi connectivity index (χ0) is 12.8. The molecule has 0 saturated carbocycles. The molecule has 0 fully saturated rings. The lowest BCUT2D eigenvalue weighted by Gasteiger charge is -2.16. The number of carboxylic acid groups (broad SMARTS) is 1. The van der Waals surface area contributed by atoms with Gasteiger partial charge in [0.05, 0.1) is 12.0 Å². The van der Waals surface area contributed by atoms with Gasteiger partial charge in [-0.2, -0.15) is 0 Å². The van der Waals surface area contributed by atoms with E-state index in [0.29, 0.717) is 5.56 Å². The first-order chi connectivity index (χ1) is 8.02. The molecule has 0 saturated heterocycles. The Kier molecular flexibility index (Phi) is 4.66. The lowest BCUT2D eigenvalue weighted by atomic mass is 9.99. The Labute approximate surface area is 99.6 Å². The van der Waals surface area contributed by atoms with Crippen molar-refractivity contribution in [1.82, 2.24) is 5.32 Å². The van der Waals surface area contributed by atoms with Crippen molar-refractivity contribution >= 4 is 11.9 Å². The SMILES string of the molecule is CC(NCC(C(=O)O)c1ccccc1)C(N)=O. The van der Waals surface area contributed by atoms with Crippen molar-refractivity contribution in [1.29, 1.82) is 0 Å². The Hall–Kier alpha value is -1.88. The Morgan fingerprint density at radius 3 is 2.41 bits per heavy atom. The molecule has 92 valence electrons. The summed E-state index contributed by atoms with van der Waals surface area (Å²) in [6, 6.07) is 8.33. The summed E-state index contributed by atoms with van der Waals surface area (Å²) in [5.74, 6) is -2.11. The van der Waals surface area contributed by atoms with Gasteiger partial charge in [-0.3, -0.25) is 9.59 Å².